The summed E-state index contributed by atoms with van der Waals surface area (Å²) in [6.07, 6.45) is -0.172. The lowest BCUT2D eigenvalue weighted by molar-refractivity contribution is -0.118. The van der Waals surface area contributed by atoms with Gasteiger partial charge >= 0.3 is 12.1 Å². The molecule has 1 saturated heterocycles. The molecule has 0 bridgehead atoms. The molecule has 2 atom stereocenters. The lowest BCUT2D eigenvalue weighted by Gasteiger charge is -2.43. The number of nitroso groups, excluding NO2 is 1. The van der Waals surface area contributed by atoms with Crippen molar-refractivity contribution in [2.75, 3.05) is 5.32 Å². The molecular weight excluding hydrogens is 462 g/mol. The zero-order valence-electron chi connectivity index (χ0n) is 18.3. The number of anilines is 1. The highest BCUT2D eigenvalue weighted by Gasteiger charge is 2.41. The molecule has 0 radical (unpaired) electrons. The number of rotatable bonds is 7. The van der Waals surface area contributed by atoms with Crippen molar-refractivity contribution < 1.29 is 19.2 Å². The number of Topliss-reactive ketones (excluding diaryl/α,β-unsaturated/α-hetero) is 1. The number of carbonyl (C=O) groups excluding carboxylic acids is 4. The molecular formula is C23H22ClN5O5. The monoisotopic (exact) mass is 483 g/mol. The molecule has 2 N–H and O–H groups in total. The van der Waals surface area contributed by atoms with Crippen LogP contribution in [0.25, 0.3) is 0 Å². The number of amides is 5. The minimum Gasteiger partial charge on any atom is -0.348 e. The normalized spacial score (nSPS) is 18.4. The van der Waals surface area contributed by atoms with Crippen LogP contribution in [0.1, 0.15) is 41.3 Å². The molecule has 1 heterocycles. The lowest BCUT2D eigenvalue weighted by Crippen LogP contribution is -2.68. The van der Waals surface area contributed by atoms with E-state index in [0.29, 0.717) is 29.1 Å². The Bertz CT molecular complexity index is 1170. The first kappa shape index (κ1) is 23.4. The topological polar surface area (TPSA) is 128 Å². The summed E-state index contributed by atoms with van der Waals surface area (Å²) in [5.41, 5.74) is 2.90. The fraction of sp³-hybridized carbons (Fsp3) is 0.304. The van der Waals surface area contributed by atoms with Gasteiger partial charge in [0.15, 0.2) is 12.1 Å². The molecule has 2 aliphatic rings. The van der Waals surface area contributed by atoms with E-state index in [1.165, 1.54) is 11.8 Å². The number of urea groups is 2. The summed E-state index contributed by atoms with van der Waals surface area (Å²) in [4.78, 5) is 62.7. The third kappa shape index (κ3) is 4.76. The number of carbonyl (C=O) groups is 4. The van der Waals surface area contributed by atoms with Crippen LogP contribution in [0.15, 0.2) is 47.6 Å². The van der Waals surface area contributed by atoms with Crippen LogP contribution in [-0.2, 0) is 17.8 Å². The SMILES string of the molecule is C[C@@H](CC(=O)N=O)N1C(=O)NC(Nc2ccc3c(c2)C(=O)CC3)N(Cc2ccc(Cl)cc2)C1=O. The van der Waals surface area contributed by atoms with Crippen LogP contribution >= 0.6 is 11.6 Å². The van der Waals surface area contributed by atoms with Gasteiger partial charge < -0.3 is 5.32 Å². The van der Waals surface area contributed by atoms with E-state index in [-0.39, 0.29) is 18.7 Å². The van der Waals surface area contributed by atoms with E-state index in [4.69, 9.17) is 11.6 Å². The quantitative estimate of drug-likeness (QED) is 0.575. The lowest BCUT2D eigenvalue weighted by atomic mass is 10.1. The zero-order valence-corrected chi connectivity index (χ0v) is 19.0. The van der Waals surface area contributed by atoms with E-state index in [9.17, 15) is 24.1 Å². The van der Waals surface area contributed by atoms with E-state index in [1.807, 2.05) is 6.07 Å². The maximum absolute atomic E-state index is 13.4. The predicted octanol–water partition coefficient (Wildman–Crippen LogP) is 3.88. The van der Waals surface area contributed by atoms with Crippen molar-refractivity contribution in [2.45, 2.75) is 45.1 Å². The second kappa shape index (κ2) is 9.60. The van der Waals surface area contributed by atoms with Crippen molar-refractivity contribution in [3.8, 4) is 0 Å². The molecule has 34 heavy (non-hydrogen) atoms. The average molecular weight is 484 g/mol. The number of halogens is 1. The van der Waals surface area contributed by atoms with Crippen molar-refractivity contribution in [3.63, 3.8) is 0 Å². The Morgan fingerprint density at radius 1 is 1.18 bits per heavy atom. The fourth-order valence-corrected chi connectivity index (χ4v) is 4.24. The molecule has 1 fully saturated rings. The number of hydrogen-bond donors (Lipinski definition) is 2. The maximum Gasteiger partial charge on any atom is 0.331 e. The van der Waals surface area contributed by atoms with Gasteiger partial charge in [-0.15, -0.1) is 4.91 Å². The summed E-state index contributed by atoms with van der Waals surface area (Å²) in [6.45, 7) is 1.60. The Morgan fingerprint density at radius 2 is 1.91 bits per heavy atom. The van der Waals surface area contributed by atoms with Gasteiger partial charge in [-0.2, -0.15) is 0 Å². The van der Waals surface area contributed by atoms with Crippen molar-refractivity contribution >= 4 is 41.0 Å². The van der Waals surface area contributed by atoms with Gasteiger partial charge in [0.2, 0.25) is 0 Å². The first-order valence-corrected chi connectivity index (χ1v) is 11.1. The number of aryl methyl sites for hydroxylation is 1. The number of nitrogens with one attached hydrogen (secondary N) is 2. The summed E-state index contributed by atoms with van der Waals surface area (Å²) in [7, 11) is 0. The van der Waals surface area contributed by atoms with Crippen molar-refractivity contribution in [3.05, 3.63) is 69.1 Å². The van der Waals surface area contributed by atoms with Crippen LogP contribution < -0.4 is 10.6 Å². The van der Waals surface area contributed by atoms with Crippen molar-refractivity contribution in [1.82, 2.24) is 15.1 Å². The standard InChI is InChI=1S/C23H22ClN5O5/c1-13(10-20(31)27-34)29-22(32)26-21(25-17-8-4-15-5-9-19(30)18(15)11-17)28(23(29)33)12-14-2-6-16(24)7-3-14/h2-4,6-8,11,13,21,25H,5,9-10,12H2,1H3,(H,26,32)/t13-,21?/m0/s1. The summed E-state index contributed by atoms with van der Waals surface area (Å²) in [6, 6.07) is 9.98. The van der Waals surface area contributed by atoms with Crippen LogP contribution in [0.5, 0.6) is 0 Å². The third-order valence-electron chi connectivity index (χ3n) is 5.86. The van der Waals surface area contributed by atoms with Crippen LogP contribution in [0, 0.1) is 4.91 Å². The highest BCUT2D eigenvalue weighted by Crippen LogP contribution is 2.27. The van der Waals surface area contributed by atoms with Crippen molar-refractivity contribution in [2.24, 2.45) is 5.18 Å². The Kier molecular flexibility index (Phi) is 6.60. The van der Waals surface area contributed by atoms with E-state index in [2.05, 4.69) is 15.8 Å². The Morgan fingerprint density at radius 3 is 2.62 bits per heavy atom. The first-order chi connectivity index (χ1) is 16.3. The molecule has 1 aliphatic heterocycles. The summed E-state index contributed by atoms with van der Waals surface area (Å²) in [5, 5.41) is 8.73. The molecule has 0 saturated carbocycles. The summed E-state index contributed by atoms with van der Waals surface area (Å²) >= 11 is 5.97. The van der Waals surface area contributed by atoms with E-state index in [0.717, 1.165) is 16.0 Å². The molecule has 10 nitrogen and oxygen atoms in total. The minimum absolute atomic E-state index is 0.0499. The molecule has 0 spiro atoms. The highest BCUT2D eigenvalue weighted by molar-refractivity contribution is 6.30. The Labute approximate surface area is 200 Å². The molecule has 4 rings (SSSR count). The molecule has 176 valence electrons. The summed E-state index contributed by atoms with van der Waals surface area (Å²) < 4.78 is 0. The second-order valence-corrected chi connectivity index (χ2v) is 8.67. The number of ketones is 1. The van der Waals surface area contributed by atoms with Crippen LogP contribution in [0.2, 0.25) is 5.02 Å². The minimum atomic E-state index is -0.958. The second-order valence-electron chi connectivity index (χ2n) is 8.24. The van der Waals surface area contributed by atoms with Gasteiger partial charge in [-0.1, -0.05) is 29.8 Å². The van der Waals surface area contributed by atoms with E-state index < -0.39 is 30.3 Å². The fourth-order valence-electron chi connectivity index (χ4n) is 4.11. The molecule has 11 heteroatoms. The Balaban J connectivity index is 1.62. The molecule has 1 unspecified atom stereocenters. The molecule has 0 aromatic heterocycles. The summed E-state index contributed by atoms with van der Waals surface area (Å²) in [5.74, 6) is -0.908. The first-order valence-electron chi connectivity index (χ1n) is 10.7. The molecule has 1 aliphatic carbocycles. The number of nitrogens with zero attached hydrogens (tertiary/aromatic N) is 3. The van der Waals surface area contributed by atoms with Gasteiger partial charge in [0.25, 0.3) is 5.91 Å². The highest BCUT2D eigenvalue weighted by atomic mass is 35.5. The zero-order chi connectivity index (χ0) is 24.4. The average Bonchev–Trinajstić information content (AvgIpc) is 3.17. The van der Waals surface area contributed by atoms with Crippen molar-refractivity contribution in [1.29, 1.82) is 0 Å². The Hall–Kier alpha value is -3.79. The number of hydrogen-bond acceptors (Lipinski definition) is 6. The largest absolute Gasteiger partial charge is 0.348 e. The van der Waals surface area contributed by atoms with Gasteiger partial charge in [-0.25, -0.2) is 14.5 Å². The van der Waals surface area contributed by atoms with Crippen LogP contribution in [-0.4, -0.2) is 45.9 Å². The number of fused-ring (bicyclic) bond motifs is 1. The molecule has 2 aromatic carbocycles. The van der Waals surface area contributed by atoms with Crippen LogP contribution in [0.3, 0.4) is 0 Å². The maximum atomic E-state index is 13.4. The number of imide groups is 1. The third-order valence-corrected chi connectivity index (χ3v) is 6.11. The van der Waals surface area contributed by atoms with E-state index >= 15 is 0 Å². The van der Waals surface area contributed by atoms with Crippen LogP contribution in [0.4, 0.5) is 15.3 Å². The van der Waals surface area contributed by atoms with Gasteiger partial charge in [0, 0.05) is 33.9 Å². The van der Waals surface area contributed by atoms with E-state index in [1.54, 1.807) is 36.4 Å². The van der Waals surface area contributed by atoms with Gasteiger partial charge in [0.1, 0.15) is 0 Å². The van der Waals surface area contributed by atoms with Gasteiger partial charge in [0.05, 0.1) is 13.0 Å². The number of benzene rings is 2. The smallest absolute Gasteiger partial charge is 0.331 e. The van der Waals surface area contributed by atoms with Gasteiger partial charge in [-0.05, 0) is 48.7 Å². The molecule has 5 amide bonds. The van der Waals surface area contributed by atoms with Gasteiger partial charge in [-0.3, -0.25) is 19.8 Å². The predicted molar refractivity (Wildman–Crippen MR) is 124 cm³/mol. The molecule has 2 aromatic rings.